The van der Waals surface area contributed by atoms with E-state index in [0.717, 1.165) is 0 Å². The topological polar surface area (TPSA) is 96.3 Å². The second kappa shape index (κ2) is 7.02. The van der Waals surface area contributed by atoms with Gasteiger partial charge in [0.25, 0.3) is 9.70 Å². The third kappa shape index (κ3) is 4.04. The molecule has 1 fully saturated rings. The molecule has 1 amide bonds. The molecule has 5 atom stereocenters. The lowest BCUT2D eigenvalue weighted by molar-refractivity contribution is -0.140. The van der Waals surface area contributed by atoms with Gasteiger partial charge in [-0.25, -0.2) is 0 Å². The van der Waals surface area contributed by atoms with Gasteiger partial charge in [0.1, 0.15) is 0 Å². The molecular weight excluding hydrogens is 330 g/mol. The van der Waals surface area contributed by atoms with E-state index in [0.29, 0.717) is 0 Å². The van der Waals surface area contributed by atoms with E-state index in [1.165, 1.54) is 7.11 Å². The van der Waals surface area contributed by atoms with Crippen LogP contribution in [-0.2, 0) is 14.3 Å². The van der Waals surface area contributed by atoms with E-state index < -0.39 is 34.0 Å². The van der Waals surface area contributed by atoms with E-state index in [1.807, 2.05) is 0 Å². The summed E-state index contributed by atoms with van der Waals surface area (Å²) < 4.78 is 8.87. The fraction of sp³-hybridized carbons (Fsp3) is 0.900. The molecule has 1 saturated heterocycles. The summed E-state index contributed by atoms with van der Waals surface area (Å²) in [6, 6.07) is -1.20. The van der Waals surface area contributed by atoms with E-state index in [9.17, 15) is 4.79 Å². The van der Waals surface area contributed by atoms with Gasteiger partial charge in [0.15, 0.2) is 0 Å². The molecule has 1 aliphatic rings. The van der Waals surface area contributed by atoms with Crippen LogP contribution in [0.15, 0.2) is 5.11 Å². The maximum absolute atomic E-state index is 11.8. The molecule has 10 heteroatoms. The van der Waals surface area contributed by atoms with Crippen LogP contribution in [0.25, 0.3) is 10.4 Å². The number of alkyl halides is 3. The van der Waals surface area contributed by atoms with Crippen molar-refractivity contribution in [3.63, 3.8) is 0 Å². The maximum Gasteiger partial charge on any atom is 0.272 e. The summed E-state index contributed by atoms with van der Waals surface area (Å²) in [7, 11) is 1.45. The van der Waals surface area contributed by atoms with Gasteiger partial charge in [-0.15, -0.1) is 0 Å². The highest BCUT2D eigenvalue weighted by Crippen LogP contribution is 2.29. The van der Waals surface area contributed by atoms with E-state index >= 15 is 0 Å². The fourth-order valence-corrected chi connectivity index (χ4v) is 2.35. The Morgan fingerprint density at radius 3 is 2.45 bits per heavy atom. The molecule has 7 nitrogen and oxygen atoms in total. The Bertz CT molecular complexity index is 411. The van der Waals surface area contributed by atoms with Crippen LogP contribution in [-0.4, -0.2) is 47.2 Å². The first kappa shape index (κ1) is 17.6. The van der Waals surface area contributed by atoms with Crippen LogP contribution < -0.4 is 5.32 Å². The van der Waals surface area contributed by atoms with Crippen molar-refractivity contribution in [2.24, 2.45) is 5.11 Å². The maximum atomic E-state index is 11.8. The Hall–Kier alpha value is -0.430. The quantitative estimate of drug-likeness (QED) is 0.368. The van der Waals surface area contributed by atoms with Gasteiger partial charge < -0.3 is 14.8 Å². The summed E-state index contributed by atoms with van der Waals surface area (Å²) in [5.41, 5.74) is 8.61. The van der Waals surface area contributed by atoms with Crippen molar-refractivity contribution in [2.45, 2.75) is 48.0 Å². The smallest absolute Gasteiger partial charge is 0.272 e. The Morgan fingerprint density at radius 1 is 1.40 bits per heavy atom. The Labute approximate surface area is 131 Å². The van der Waals surface area contributed by atoms with Crippen molar-refractivity contribution >= 4 is 40.7 Å². The summed E-state index contributed by atoms with van der Waals surface area (Å²) in [6.07, 6.45) is -1.33. The minimum absolute atomic E-state index is 0.355. The van der Waals surface area contributed by atoms with Crippen LogP contribution in [0, 0.1) is 0 Å². The highest BCUT2D eigenvalue weighted by molar-refractivity contribution is 6.76. The number of carbonyl (C=O) groups is 1. The average molecular weight is 346 g/mol. The van der Waals surface area contributed by atoms with Crippen molar-refractivity contribution in [2.75, 3.05) is 7.11 Å². The molecule has 1 rings (SSSR count). The minimum Gasteiger partial charge on any atom is -0.379 e. The van der Waals surface area contributed by atoms with E-state index in [1.54, 1.807) is 13.8 Å². The zero-order valence-electron chi connectivity index (χ0n) is 11.1. The predicted molar refractivity (Wildman–Crippen MR) is 76.0 cm³/mol. The number of azide groups is 1. The SMILES string of the molecule is COC1C(N=[N+]=[N-])C(C)O[C@@H](C)C1NC(=O)C(Cl)(Cl)Cl. The van der Waals surface area contributed by atoms with Crippen LogP contribution in [0.3, 0.4) is 0 Å². The minimum atomic E-state index is -2.09. The lowest BCUT2D eigenvalue weighted by Gasteiger charge is -2.43. The van der Waals surface area contributed by atoms with Gasteiger partial charge in [-0.05, 0) is 19.4 Å². The zero-order valence-corrected chi connectivity index (χ0v) is 13.4. The van der Waals surface area contributed by atoms with Crippen LogP contribution in [0.2, 0.25) is 0 Å². The molecule has 1 aliphatic heterocycles. The van der Waals surface area contributed by atoms with Gasteiger partial charge in [-0.2, -0.15) is 0 Å². The zero-order chi connectivity index (χ0) is 15.5. The number of nitrogens with one attached hydrogen (secondary N) is 1. The standard InChI is InChI=1S/C10H15Cl3N4O3/c1-4-6(15-9(18)10(11,12)13)8(19-3)7(16-17-14)5(2)20-4/h4-8H,1-3H3,(H,15,18)/t4-,5?,6?,7?,8?/m0/s1. The Kier molecular flexibility index (Phi) is 6.19. The van der Waals surface area contributed by atoms with Gasteiger partial charge in [-0.3, -0.25) is 4.79 Å². The summed E-state index contributed by atoms with van der Waals surface area (Å²) in [5, 5.41) is 6.20. The molecule has 20 heavy (non-hydrogen) atoms. The third-order valence-corrected chi connectivity index (χ3v) is 3.63. The third-order valence-electron chi connectivity index (χ3n) is 3.12. The summed E-state index contributed by atoms with van der Waals surface area (Å²) in [4.78, 5) is 14.5. The lowest BCUT2D eigenvalue weighted by Crippen LogP contribution is -2.63. The van der Waals surface area contributed by atoms with Crippen molar-refractivity contribution in [1.82, 2.24) is 5.32 Å². The summed E-state index contributed by atoms with van der Waals surface area (Å²) >= 11 is 16.6. The number of halogens is 3. The normalized spacial score (nSPS) is 34.2. The molecule has 0 bridgehead atoms. The van der Waals surface area contributed by atoms with Crippen LogP contribution in [0.1, 0.15) is 13.8 Å². The number of hydrogen-bond donors (Lipinski definition) is 1. The summed E-state index contributed by atoms with van der Waals surface area (Å²) in [5.74, 6) is -0.792. The van der Waals surface area contributed by atoms with Gasteiger partial charge in [0, 0.05) is 12.0 Å². The van der Waals surface area contributed by atoms with Gasteiger partial charge in [-0.1, -0.05) is 39.9 Å². The number of rotatable bonds is 3. The first-order chi connectivity index (χ1) is 9.22. The molecule has 0 aromatic heterocycles. The largest absolute Gasteiger partial charge is 0.379 e. The molecule has 0 spiro atoms. The number of methoxy groups -OCH3 is 1. The second-order valence-electron chi connectivity index (χ2n) is 4.44. The van der Waals surface area contributed by atoms with Crippen molar-refractivity contribution < 1.29 is 14.3 Å². The Balaban J connectivity index is 2.96. The van der Waals surface area contributed by atoms with Gasteiger partial charge in [0.2, 0.25) is 0 Å². The number of nitrogens with zero attached hydrogens (tertiary/aromatic N) is 3. The predicted octanol–water partition coefficient (Wildman–Crippen LogP) is 2.34. The number of ether oxygens (including phenoxy) is 2. The average Bonchev–Trinajstić information content (AvgIpc) is 2.34. The van der Waals surface area contributed by atoms with Crippen LogP contribution in [0.4, 0.5) is 0 Å². The number of carbonyl (C=O) groups excluding carboxylic acids is 1. The molecule has 0 aromatic carbocycles. The molecule has 114 valence electrons. The molecule has 1 N–H and O–H groups in total. The number of amides is 1. The molecule has 0 saturated carbocycles. The first-order valence-corrected chi connectivity index (χ1v) is 6.96. The highest BCUT2D eigenvalue weighted by Gasteiger charge is 2.45. The van der Waals surface area contributed by atoms with Crippen LogP contribution >= 0.6 is 34.8 Å². The van der Waals surface area contributed by atoms with Crippen molar-refractivity contribution in [3.8, 4) is 0 Å². The molecule has 4 unspecified atom stereocenters. The van der Waals surface area contributed by atoms with E-state index in [-0.39, 0.29) is 6.10 Å². The molecular formula is C10H15Cl3N4O3. The lowest BCUT2D eigenvalue weighted by atomic mass is 9.92. The highest BCUT2D eigenvalue weighted by atomic mass is 35.6. The second-order valence-corrected chi connectivity index (χ2v) is 6.72. The monoisotopic (exact) mass is 344 g/mol. The fourth-order valence-electron chi connectivity index (χ4n) is 2.19. The van der Waals surface area contributed by atoms with Crippen molar-refractivity contribution in [1.29, 1.82) is 0 Å². The molecule has 0 radical (unpaired) electrons. The van der Waals surface area contributed by atoms with E-state index in [4.69, 9.17) is 49.8 Å². The number of hydrogen-bond acceptors (Lipinski definition) is 4. The molecule has 1 heterocycles. The van der Waals surface area contributed by atoms with Crippen molar-refractivity contribution in [3.05, 3.63) is 10.4 Å². The molecule has 0 aromatic rings. The molecule has 0 aliphatic carbocycles. The summed E-state index contributed by atoms with van der Waals surface area (Å²) in [6.45, 7) is 3.51. The Morgan fingerprint density at radius 2 is 2.00 bits per heavy atom. The van der Waals surface area contributed by atoms with E-state index in [2.05, 4.69) is 15.3 Å². The first-order valence-electron chi connectivity index (χ1n) is 5.82. The van der Waals surface area contributed by atoms with Crippen LogP contribution in [0.5, 0.6) is 0 Å². The van der Waals surface area contributed by atoms with Gasteiger partial charge in [0.05, 0.1) is 30.4 Å². The van der Waals surface area contributed by atoms with Gasteiger partial charge >= 0.3 is 0 Å².